The molecule has 1 atom stereocenters. The second kappa shape index (κ2) is 5.49. The van der Waals surface area contributed by atoms with E-state index < -0.39 is 0 Å². The molecule has 0 radical (unpaired) electrons. The molecule has 0 spiro atoms. The quantitative estimate of drug-likeness (QED) is 0.879. The first-order valence-corrected chi connectivity index (χ1v) is 6.91. The molecule has 1 aromatic heterocycles. The highest BCUT2D eigenvalue weighted by atomic mass is 32.1. The topological polar surface area (TPSA) is 45.2 Å². The molecule has 1 unspecified atom stereocenters. The van der Waals surface area contributed by atoms with Crippen LogP contribution in [0.3, 0.4) is 0 Å². The van der Waals surface area contributed by atoms with Crippen molar-refractivity contribution in [3.05, 3.63) is 16.1 Å². The molecule has 0 aromatic carbocycles. The smallest absolute Gasteiger partial charge is 0.317 e. The number of aromatic nitrogens is 1. The molecule has 1 aromatic rings. The van der Waals surface area contributed by atoms with E-state index in [9.17, 15) is 4.79 Å². The van der Waals surface area contributed by atoms with Gasteiger partial charge in [0.1, 0.15) is 5.01 Å². The van der Waals surface area contributed by atoms with E-state index in [0.29, 0.717) is 12.5 Å². The van der Waals surface area contributed by atoms with Crippen molar-refractivity contribution in [2.24, 2.45) is 5.92 Å². The van der Waals surface area contributed by atoms with Crippen LogP contribution in [0.1, 0.15) is 29.7 Å². The third-order valence-electron chi connectivity index (χ3n) is 3.00. The zero-order valence-corrected chi connectivity index (χ0v) is 11.2. The minimum Gasteiger partial charge on any atom is -0.331 e. The predicted molar refractivity (Wildman–Crippen MR) is 69.1 cm³/mol. The number of urea groups is 1. The number of nitrogens with zero attached hydrogens (tertiary/aromatic N) is 2. The Morgan fingerprint density at radius 1 is 1.71 bits per heavy atom. The Hall–Kier alpha value is -1.10. The lowest BCUT2D eigenvalue weighted by Gasteiger charge is -2.30. The van der Waals surface area contributed by atoms with Gasteiger partial charge < -0.3 is 10.2 Å². The lowest BCUT2D eigenvalue weighted by Crippen LogP contribution is -2.44. The molecule has 2 rings (SSSR count). The van der Waals surface area contributed by atoms with Crippen molar-refractivity contribution in [1.82, 2.24) is 15.2 Å². The van der Waals surface area contributed by atoms with Crippen molar-refractivity contribution in [3.63, 3.8) is 0 Å². The number of amides is 2. The highest BCUT2D eigenvalue weighted by Gasteiger charge is 2.20. The molecule has 2 heterocycles. The number of aryl methyl sites for hydroxylation is 1. The molecule has 0 saturated carbocycles. The van der Waals surface area contributed by atoms with Crippen LogP contribution in [0.5, 0.6) is 0 Å². The maximum absolute atomic E-state index is 11.9. The number of piperidine rings is 1. The molecule has 17 heavy (non-hydrogen) atoms. The van der Waals surface area contributed by atoms with Crippen LogP contribution in [0, 0.1) is 12.8 Å². The van der Waals surface area contributed by atoms with Crippen LogP contribution in [0.25, 0.3) is 0 Å². The Balaban J connectivity index is 1.80. The number of hydrogen-bond acceptors (Lipinski definition) is 3. The maximum atomic E-state index is 11.9. The summed E-state index contributed by atoms with van der Waals surface area (Å²) in [5, 5.41) is 3.91. The summed E-state index contributed by atoms with van der Waals surface area (Å²) in [6.07, 6.45) is 4.19. The Kier molecular flexibility index (Phi) is 3.99. The standard InChI is InChI=1S/C12H19N3OS/c1-9-4-3-5-15(8-9)12(16)14-7-11-13-6-10(2)17-11/h6,9H,3-5,7-8H2,1-2H3,(H,14,16). The second-order valence-electron chi connectivity index (χ2n) is 4.72. The number of likely N-dealkylation sites (tertiary alicyclic amines) is 1. The monoisotopic (exact) mass is 253 g/mol. The fraction of sp³-hybridized carbons (Fsp3) is 0.667. The van der Waals surface area contributed by atoms with E-state index in [1.807, 2.05) is 18.0 Å². The molecule has 2 amide bonds. The molecule has 1 fully saturated rings. The molecule has 5 heteroatoms. The molecule has 0 bridgehead atoms. The molecule has 1 saturated heterocycles. The zero-order valence-electron chi connectivity index (χ0n) is 10.4. The van der Waals surface area contributed by atoms with Gasteiger partial charge >= 0.3 is 6.03 Å². The van der Waals surface area contributed by atoms with E-state index >= 15 is 0 Å². The van der Waals surface area contributed by atoms with E-state index in [2.05, 4.69) is 17.2 Å². The number of carbonyl (C=O) groups is 1. The van der Waals surface area contributed by atoms with Gasteiger partial charge in [-0.05, 0) is 25.7 Å². The molecule has 0 aliphatic carbocycles. The first kappa shape index (κ1) is 12.4. The minimum absolute atomic E-state index is 0.0457. The van der Waals surface area contributed by atoms with E-state index in [-0.39, 0.29) is 6.03 Å². The van der Waals surface area contributed by atoms with Gasteiger partial charge in [0.15, 0.2) is 0 Å². The SMILES string of the molecule is Cc1cnc(CNC(=O)N2CCCC(C)C2)s1. The summed E-state index contributed by atoms with van der Waals surface area (Å²) in [5.74, 6) is 0.622. The number of thiazole rings is 1. The number of carbonyl (C=O) groups excluding carboxylic acids is 1. The molecule has 1 aliphatic rings. The Labute approximate surface area is 106 Å². The Morgan fingerprint density at radius 3 is 3.18 bits per heavy atom. The summed E-state index contributed by atoms with van der Waals surface area (Å²) in [7, 11) is 0. The molecule has 1 aliphatic heterocycles. The fourth-order valence-electron chi connectivity index (χ4n) is 2.12. The average molecular weight is 253 g/mol. The van der Waals surface area contributed by atoms with Crippen molar-refractivity contribution in [3.8, 4) is 0 Å². The maximum Gasteiger partial charge on any atom is 0.317 e. The Morgan fingerprint density at radius 2 is 2.53 bits per heavy atom. The predicted octanol–water partition coefficient (Wildman–Crippen LogP) is 2.39. The zero-order chi connectivity index (χ0) is 12.3. The summed E-state index contributed by atoms with van der Waals surface area (Å²) in [4.78, 5) is 19.2. The molecule has 94 valence electrons. The van der Waals surface area contributed by atoms with Crippen LogP contribution in [0.2, 0.25) is 0 Å². The van der Waals surface area contributed by atoms with Gasteiger partial charge in [-0.25, -0.2) is 9.78 Å². The van der Waals surface area contributed by atoms with Gasteiger partial charge in [0, 0.05) is 24.2 Å². The third kappa shape index (κ3) is 3.43. The van der Waals surface area contributed by atoms with Crippen LogP contribution < -0.4 is 5.32 Å². The lowest BCUT2D eigenvalue weighted by atomic mass is 10.0. The van der Waals surface area contributed by atoms with Crippen molar-refractivity contribution in [2.75, 3.05) is 13.1 Å². The van der Waals surface area contributed by atoms with Gasteiger partial charge in [0.2, 0.25) is 0 Å². The largest absolute Gasteiger partial charge is 0.331 e. The van der Waals surface area contributed by atoms with E-state index in [1.165, 1.54) is 11.3 Å². The lowest BCUT2D eigenvalue weighted by molar-refractivity contribution is 0.169. The van der Waals surface area contributed by atoms with Crippen molar-refractivity contribution >= 4 is 17.4 Å². The van der Waals surface area contributed by atoms with Crippen LogP contribution in [-0.4, -0.2) is 29.0 Å². The number of nitrogens with one attached hydrogen (secondary N) is 1. The van der Waals surface area contributed by atoms with Gasteiger partial charge in [-0.1, -0.05) is 6.92 Å². The van der Waals surface area contributed by atoms with Crippen LogP contribution in [0.15, 0.2) is 6.20 Å². The van der Waals surface area contributed by atoms with Gasteiger partial charge in [-0.3, -0.25) is 0 Å². The van der Waals surface area contributed by atoms with E-state index in [1.54, 1.807) is 11.3 Å². The highest BCUT2D eigenvalue weighted by Crippen LogP contribution is 2.15. The van der Waals surface area contributed by atoms with Crippen molar-refractivity contribution < 1.29 is 4.79 Å². The van der Waals surface area contributed by atoms with Crippen LogP contribution >= 0.6 is 11.3 Å². The van der Waals surface area contributed by atoms with Crippen molar-refractivity contribution in [1.29, 1.82) is 0 Å². The summed E-state index contributed by atoms with van der Waals surface area (Å²) in [6, 6.07) is 0.0457. The molecular formula is C12H19N3OS. The summed E-state index contributed by atoms with van der Waals surface area (Å²) in [5.41, 5.74) is 0. The second-order valence-corrected chi connectivity index (χ2v) is 6.04. The fourth-order valence-corrected chi connectivity index (χ4v) is 2.85. The Bertz CT molecular complexity index is 391. The van der Waals surface area contributed by atoms with Crippen LogP contribution in [0.4, 0.5) is 4.79 Å². The van der Waals surface area contributed by atoms with E-state index in [4.69, 9.17) is 0 Å². The molecule has 1 N–H and O–H groups in total. The summed E-state index contributed by atoms with van der Waals surface area (Å²) in [6.45, 7) is 6.52. The first-order valence-electron chi connectivity index (χ1n) is 6.09. The minimum atomic E-state index is 0.0457. The number of rotatable bonds is 2. The summed E-state index contributed by atoms with van der Waals surface area (Å²) >= 11 is 1.63. The van der Waals surface area contributed by atoms with Gasteiger partial charge in [-0.2, -0.15) is 0 Å². The van der Waals surface area contributed by atoms with Gasteiger partial charge in [-0.15, -0.1) is 11.3 Å². The normalized spacial score (nSPS) is 20.4. The van der Waals surface area contributed by atoms with Gasteiger partial charge in [0.25, 0.3) is 0 Å². The van der Waals surface area contributed by atoms with Gasteiger partial charge in [0.05, 0.1) is 6.54 Å². The highest BCUT2D eigenvalue weighted by molar-refractivity contribution is 7.11. The van der Waals surface area contributed by atoms with Crippen LogP contribution in [-0.2, 0) is 6.54 Å². The first-order chi connectivity index (χ1) is 8.15. The van der Waals surface area contributed by atoms with E-state index in [0.717, 1.165) is 24.5 Å². The number of hydrogen-bond donors (Lipinski definition) is 1. The van der Waals surface area contributed by atoms with Crippen molar-refractivity contribution in [2.45, 2.75) is 33.2 Å². The molecular weight excluding hydrogens is 234 g/mol. The summed E-state index contributed by atoms with van der Waals surface area (Å²) < 4.78 is 0. The average Bonchev–Trinajstić information content (AvgIpc) is 2.72. The third-order valence-corrected chi connectivity index (χ3v) is 3.92. The molecule has 4 nitrogen and oxygen atoms in total.